The number of hydrogen-bond donors (Lipinski definition) is 0. The summed E-state index contributed by atoms with van der Waals surface area (Å²) in [4.78, 5) is 13.7. The number of allylic oxidation sites excluding steroid dienone is 2. The highest BCUT2D eigenvalue weighted by Crippen LogP contribution is 2.70. The van der Waals surface area contributed by atoms with Crippen molar-refractivity contribution < 1.29 is 4.79 Å². The van der Waals surface area contributed by atoms with Crippen LogP contribution < -0.4 is 0 Å². The maximum atomic E-state index is 13.7. The third kappa shape index (κ3) is 1.39. The summed E-state index contributed by atoms with van der Waals surface area (Å²) in [5.74, 6) is 2.74. The van der Waals surface area contributed by atoms with Gasteiger partial charge in [-0.05, 0) is 78.3 Å². The normalized spacial score (nSPS) is 38.9. The fraction of sp³-hybridized carbons (Fsp3) is 0.480. The van der Waals surface area contributed by atoms with Gasteiger partial charge < -0.3 is 0 Å². The molecule has 1 spiro atoms. The number of aryl methyl sites for hydroxylation is 1. The molecule has 0 heterocycles. The van der Waals surface area contributed by atoms with E-state index in [9.17, 15) is 4.79 Å². The van der Waals surface area contributed by atoms with Gasteiger partial charge in [-0.3, -0.25) is 4.79 Å². The lowest BCUT2D eigenvalue weighted by Gasteiger charge is -2.40. The van der Waals surface area contributed by atoms with Crippen LogP contribution in [-0.4, -0.2) is 5.78 Å². The standard InChI is InChI=1S/C25H24O/c1-13-9-21-23-16-7-8-25(21,12-16)20-6-5-15-10-14-3-2-4-17(22(13)23)18(14)11-19(15)24(20)26/h2-4,10-11,13,16,20,22H,5-9,12H2,1H3. The Bertz CT molecular complexity index is 1060. The van der Waals surface area contributed by atoms with E-state index in [0.717, 1.165) is 24.3 Å². The molecule has 7 rings (SSSR count). The first-order valence-electron chi connectivity index (χ1n) is 10.5. The molecule has 1 nitrogen and oxygen atoms in total. The molecule has 130 valence electrons. The van der Waals surface area contributed by atoms with Crippen LogP contribution in [0.5, 0.6) is 0 Å². The Labute approximate surface area is 154 Å². The molecule has 26 heavy (non-hydrogen) atoms. The van der Waals surface area contributed by atoms with E-state index in [1.54, 1.807) is 11.1 Å². The molecular formula is C25H24O. The fourth-order valence-electron chi connectivity index (χ4n) is 7.91. The molecule has 2 aromatic carbocycles. The fourth-order valence-corrected chi connectivity index (χ4v) is 7.91. The van der Waals surface area contributed by atoms with E-state index in [1.807, 2.05) is 0 Å². The maximum absolute atomic E-state index is 13.7. The van der Waals surface area contributed by atoms with Gasteiger partial charge >= 0.3 is 0 Å². The topological polar surface area (TPSA) is 17.1 Å². The van der Waals surface area contributed by atoms with Crippen LogP contribution in [0.4, 0.5) is 0 Å². The molecule has 8 bridgehead atoms. The van der Waals surface area contributed by atoms with Crippen LogP contribution in [0.1, 0.15) is 66.4 Å². The molecular weight excluding hydrogens is 316 g/mol. The second-order valence-electron chi connectivity index (χ2n) is 9.72. The highest BCUT2D eigenvalue weighted by molar-refractivity contribution is 6.05. The molecule has 1 fully saturated rings. The van der Waals surface area contributed by atoms with E-state index in [4.69, 9.17) is 0 Å². The van der Waals surface area contributed by atoms with Gasteiger partial charge in [-0.15, -0.1) is 0 Å². The zero-order valence-corrected chi connectivity index (χ0v) is 15.3. The van der Waals surface area contributed by atoms with Crippen LogP contribution in [0, 0.1) is 23.2 Å². The summed E-state index contributed by atoms with van der Waals surface area (Å²) in [6.07, 6.45) is 7.26. The monoisotopic (exact) mass is 340 g/mol. The smallest absolute Gasteiger partial charge is 0.167 e. The van der Waals surface area contributed by atoms with Gasteiger partial charge in [0.05, 0.1) is 0 Å². The van der Waals surface area contributed by atoms with Gasteiger partial charge in [-0.25, -0.2) is 0 Å². The van der Waals surface area contributed by atoms with E-state index < -0.39 is 0 Å². The molecule has 5 atom stereocenters. The van der Waals surface area contributed by atoms with Crippen molar-refractivity contribution in [1.82, 2.24) is 0 Å². The summed E-state index contributed by atoms with van der Waals surface area (Å²) < 4.78 is 0. The van der Waals surface area contributed by atoms with Gasteiger partial charge in [0.2, 0.25) is 0 Å². The lowest BCUT2D eigenvalue weighted by atomic mass is 9.62. The Morgan fingerprint density at radius 3 is 3.00 bits per heavy atom. The Kier molecular flexibility index (Phi) is 2.36. The van der Waals surface area contributed by atoms with Crippen LogP contribution >= 0.6 is 0 Å². The zero-order chi connectivity index (χ0) is 17.2. The quantitative estimate of drug-likeness (QED) is 0.552. The molecule has 0 aliphatic heterocycles. The average Bonchev–Trinajstić information content (AvgIpc) is 3.29. The van der Waals surface area contributed by atoms with Crippen LogP contribution in [0.15, 0.2) is 41.5 Å². The van der Waals surface area contributed by atoms with Gasteiger partial charge in [0, 0.05) is 22.8 Å². The van der Waals surface area contributed by atoms with Crippen molar-refractivity contribution in [3.8, 4) is 0 Å². The Hall–Kier alpha value is -1.89. The third-order valence-corrected chi connectivity index (χ3v) is 8.79. The minimum atomic E-state index is 0.221. The van der Waals surface area contributed by atoms with Crippen LogP contribution in [0.3, 0.4) is 0 Å². The van der Waals surface area contributed by atoms with E-state index in [0.29, 0.717) is 17.6 Å². The van der Waals surface area contributed by atoms with Gasteiger partial charge in [0.25, 0.3) is 0 Å². The second kappa shape index (κ2) is 4.32. The van der Waals surface area contributed by atoms with Crippen LogP contribution in [0.25, 0.3) is 10.8 Å². The van der Waals surface area contributed by atoms with E-state index in [-0.39, 0.29) is 11.3 Å². The lowest BCUT2D eigenvalue weighted by Crippen LogP contribution is -2.38. The number of carbonyl (C=O) groups excluding carboxylic acids is 1. The first-order valence-corrected chi connectivity index (χ1v) is 10.5. The summed E-state index contributed by atoms with van der Waals surface area (Å²) in [5, 5.41) is 2.69. The third-order valence-electron chi connectivity index (χ3n) is 8.79. The minimum absolute atomic E-state index is 0.221. The van der Waals surface area contributed by atoms with Crippen molar-refractivity contribution in [1.29, 1.82) is 0 Å². The SMILES string of the molecule is CC1CC2=C3C4CCC2(C4)C2CCc4cc5cccc(c5cc4C2=O)C31. The van der Waals surface area contributed by atoms with Crippen molar-refractivity contribution in [3.05, 3.63) is 58.2 Å². The van der Waals surface area contributed by atoms with Gasteiger partial charge in [0.15, 0.2) is 5.78 Å². The number of rotatable bonds is 0. The van der Waals surface area contributed by atoms with Crippen LogP contribution in [0.2, 0.25) is 0 Å². The maximum Gasteiger partial charge on any atom is 0.167 e. The van der Waals surface area contributed by atoms with E-state index >= 15 is 0 Å². The highest BCUT2D eigenvalue weighted by Gasteiger charge is 2.60. The summed E-state index contributed by atoms with van der Waals surface area (Å²) in [6.45, 7) is 2.46. The molecule has 0 radical (unpaired) electrons. The second-order valence-corrected chi connectivity index (χ2v) is 9.72. The molecule has 5 unspecified atom stereocenters. The summed E-state index contributed by atoms with van der Waals surface area (Å²) >= 11 is 0. The Morgan fingerprint density at radius 1 is 1.15 bits per heavy atom. The molecule has 0 amide bonds. The van der Waals surface area contributed by atoms with Crippen LogP contribution in [-0.2, 0) is 6.42 Å². The molecule has 0 saturated heterocycles. The van der Waals surface area contributed by atoms with Crippen molar-refractivity contribution in [3.63, 3.8) is 0 Å². The van der Waals surface area contributed by atoms with Crippen molar-refractivity contribution in [2.75, 3.05) is 0 Å². The summed E-state index contributed by atoms with van der Waals surface area (Å²) in [7, 11) is 0. The molecule has 1 saturated carbocycles. The predicted octanol–water partition coefficient (Wildman–Crippen LogP) is 5.82. The largest absolute Gasteiger partial charge is 0.294 e. The molecule has 2 aromatic rings. The number of carbonyl (C=O) groups is 1. The molecule has 0 aromatic heterocycles. The number of Topliss-reactive ketones (excluding diaryl/α,β-unsaturated/α-hetero) is 1. The van der Waals surface area contributed by atoms with E-state index in [1.165, 1.54) is 47.6 Å². The Morgan fingerprint density at radius 2 is 2.08 bits per heavy atom. The minimum Gasteiger partial charge on any atom is -0.294 e. The molecule has 5 aliphatic carbocycles. The number of hydrogen-bond acceptors (Lipinski definition) is 1. The van der Waals surface area contributed by atoms with Crippen molar-refractivity contribution >= 4 is 16.6 Å². The van der Waals surface area contributed by atoms with Gasteiger partial charge in [-0.2, -0.15) is 0 Å². The van der Waals surface area contributed by atoms with Crippen molar-refractivity contribution in [2.45, 2.75) is 51.4 Å². The highest BCUT2D eigenvalue weighted by atomic mass is 16.1. The zero-order valence-electron chi connectivity index (χ0n) is 15.3. The molecule has 0 N–H and O–H groups in total. The van der Waals surface area contributed by atoms with Gasteiger partial charge in [-0.1, -0.05) is 42.3 Å². The number of ketones is 1. The van der Waals surface area contributed by atoms with Crippen molar-refractivity contribution in [2.24, 2.45) is 23.2 Å². The molecule has 1 heteroatoms. The summed E-state index contributed by atoms with van der Waals surface area (Å²) in [6, 6.07) is 11.5. The average molecular weight is 340 g/mol. The molecule has 5 aliphatic rings. The first kappa shape index (κ1) is 14.2. The summed E-state index contributed by atoms with van der Waals surface area (Å²) in [5.41, 5.74) is 7.61. The first-order chi connectivity index (χ1) is 12.7. The van der Waals surface area contributed by atoms with E-state index in [2.05, 4.69) is 37.3 Å². The lowest BCUT2D eigenvalue weighted by molar-refractivity contribution is 0.0769. The Balaban J connectivity index is 1.66. The predicted molar refractivity (Wildman–Crippen MR) is 103 cm³/mol. The number of benzene rings is 2. The van der Waals surface area contributed by atoms with Gasteiger partial charge in [0.1, 0.15) is 0 Å². The number of fused-ring (bicyclic) bond motifs is 3.